The van der Waals surface area contributed by atoms with E-state index in [2.05, 4.69) is 18.7 Å². The molecule has 1 unspecified atom stereocenters. The summed E-state index contributed by atoms with van der Waals surface area (Å²) < 4.78 is 5.71. The van der Waals surface area contributed by atoms with Crippen molar-refractivity contribution in [2.24, 2.45) is 5.92 Å². The highest BCUT2D eigenvalue weighted by Gasteiger charge is 2.23. The maximum Gasteiger partial charge on any atom is 0.304 e. The smallest absolute Gasteiger partial charge is 0.304 e. The van der Waals surface area contributed by atoms with Gasteiger partial charge in [0.25, 0.3) is 0 Å². The maximum absolute atomic E-state index is 10.4. The first-order chi connectivity index (χ1) is 7.08. The first-order valence-electron chi connectivity index (χ1n) is 5.63. The van der Waals surface area contributed by atoms with Crippen LogP contribution in [0.25, 0.3) is 0 Å². The summed E-state index contributed by atoms with van der Waals surface area (Å²) in [6.45, 7) is 7.58. The van der Waals surface area contributed by atoms with Gasteiger partial charge >= 0.3 is 5.97 Å². The number of aliphatic carboxylic acids is 1. The van der Waals surface area contributed by atoms with Crippen LogP contribution >= 0.6 is 0 Å². The zero-order valence-corrected chi connectivity index (χ0v) is 9.61. The Morgan fingerprint density at radius 2 is 2.33 bits per heavy atom. The summed E-state index contributed by atoms with van der Waals surface area (Å²) in [6, 6.07) is 0. The van der Waals surface area contributed by atoms with E-state index < -0.39 is 5.97 Å². The Labute approximate surface area is 91.2 Å². The largest absolute Gasteiger partial charge is 0.481 e. The third-order valence-corrected chi connectivity index (χ3v) is 2.54. The molecule has 1 fully saturated rings. The molecule has 1 N–H and O–H groups in total. The summed E-state index contributed by atoms with van der Waals surface area (Å²) in [6.07, 6.45) is 1.57. The molecule has 4 nitrogen and oxygen atoms in total. The second kappa shape index (κ2) is 6.08. The van der Waals surface area contributed by atoms with Crippen LogP contribution in [-0.2, 0) is 9.53 Å². The molecule has 15 heavy (non-hydrogen) atoms. The minimum absolute atomic E-state index is 0.233. The van der Waals surface area contributed by atoms with Gasteiger partial charge in [-0.25, -0.2) is 0 Å². The topological polar surface area (TPSA) is 49.8 Å². The van der Waals surface area contributed by atoms with E-state index >= 15 is 0 Å². The Morgan fingerprint density at radius 1 is 1.60 bits per heavy atom. The molecule has 1 rings (SSSR count). The lowest BCUT2D eigenvalue weighted by Crippen LogP contribution is -2.26. The van der Waals surface area contributed by atoms with Crippen molar-refractivity contribution in [2.45, 2.75) is 32.8 Å². The van der Waals surface area contributed by atoms with Gasteiger partial charge in [-0.2, -0.15) is 0 Å². The Balaban J connectivity index is 2.12. The van der Waals surface area contributed by atoms with Crippen LogP contribution in [0.5, 0.6) is 0 Å². The molecular weight excluding hydrogens is 194 g/mol. The zero-order valence-electron chi connectivity index (χ0n) is 9.61. The number of carbonyl (C=O) groups is 1. The first kappa shape index (κ1) is 12.5. The molecule has 1 heterocycles. The van der Waals surface area contributed by atoms with Gasteiger partial charge < -0.3 is 14.7 Å². The molecular formula is C11H21NO3. The van der Waals surface area contributed by atoms with Gasteiger partial charge in [-0.3, -0.25) is 4.79 Å². The van der Waals surface area contributed by atoms with E-state index in [1.807, 2.05) is 0 Å². The van der Waals surface area contributed by atoms with Gasteiger partial charge in [0, 0.05) is 26.2 Å². The fourth-order valence-corrected chi connectivity index (χ4v) is 1.72. The van der Waals surface area contributed by atoms with E-state index in [0.717, 1.165) is 26.1 Å². The lowest BCUT2D eigenvalue weighted by molar-refractivity contribution is -0.137. The summed E-state index contributed by atoms with van der Waals surface area (Å²) in [5.74, 6) is -0.153. The van der Waals surface area contributed by atoms with E-state index in [0.29, 0.717) is 18.6 Å². The lowest BCUT2D eigenvalue weighted by Gasteiger charge is -2.16. The highest BCUT2D eigenvalue weighted by molar-refractivity contribution is 5.66. The molecule has 88 valence electrons. The second-order valence-electron chi connectivity index (χ2n) is 4.58. The molecule has 4 heteroatoms. The van der Waals surface area contributed by atoms with Crippen LogP contribution in [0.4, 0.5) is 0 Å². The molecule has 1 saturated heterocycles. The Morgan fingerprint density at radius 3 is 2.93 bits per heavy atom. The molecule has 0 aromatic carbocycles. The predicted molar refractivity (Wildman–Crippen MR) is 57.9 cm³/mol. The van der Waals surface area contributed by atoms with Crippen LogP contribution in [0.1, 0.15) is 26.7 Å². The normalized spacial score (nSPS) is 22.5. The van der Waals surface area contributed by atoms with Crippen molar-refractivity contribution in [2.75, 3.05) is 26.2 Å². The highest BCUT2D eigenvalue weighted by atomic mass is 16.5. The van der Waals surface area contributed by atoms with Crippen LogP contribution < -0.4 is 0 Å². The summed E-state index contributed by atoms with van der Waals surface area (Å²) in [7, 11) is 0. The molecule has 0 aromatic rings. The van der Waals surface area contributed by atoms with Crippen molar-refractivity contribution in [1.29, 1.82) is 0 Å². The van der Waals surface area contributed by atoms with Crippen LogP contribution in [0.15, 0.2) is 0 Å². The van der Waals surface area contributed by atoms with Crippen LogP contribution in [0.2, 0.25) is 0 Å². The number of hydrogen-bond donors (Lipinski definition) is 1. The van der Waals surface area contributed by atoms with Gasteiger partial charge in [-0.1, -0.05) is 13.8 Å². The van der Waals surface area contributed by atoms with Crippen molar-refractivity contribution in [3.63, 3.8) is 0 Å². The maximum atomic E-state index is 10.4. The van der Waals surface area contributed by atoms with Gasteiger partial charge in [0.1, 0.15) is 0 Å². The van der Waals surface area contributed by atoms with Gasteiger partial charge in [0.15, 0.2) is 0 Å². The predicted octanol–water partition coefficient (Wildman–Crippen LogP) is 1.21. The average Bonchev–Trinajstić information content (AvgIpc) is 2.59. The van der Waals surface area contributed by atoms with E-state index in [9.17, 15) is 4.79 Å². The van der Waals surface area contributed by atoms with Gasteiger partial charge in [0.2, 0.25) is 0 Å². The monoisotopic (exact) mass is 215 g/mol. The minimum atomic E-state index is -0.721. The minimum Gasteiger partial charge on any atom is -0.481 e. The molecule has 1 aliphatic rings. The van der Waals surface area contributed by atoms with Crippen molar-refractivity contribution >= 4 is 5.97 Å². The zero-order chi connectivity index (χ0) is 11.3. The fourth-order valence-electron chi connectivity index (χ4n) is 1.72. The van der Waals surface area contributed by atoms with Crippen molar-refractivity contribution in [3.8, 4) is 0 Å². The Hall–Kier alpha value is -0.610. The number of carboxylic acids is 1. The third kappa shape index (κ3) is 5.14. The number of carboxylic acid groups (broad SMARTS) is 1. The van der Waals surface area contributed by atoms with Gasteiger partial charge in [0.05, 0.1) is 12.5 Å². The summed E-state index contributed by atoms with van der Waals surface area (Å²) >= 11 is 0. The number of rotatable bonds is 6. The number of nitrogens with zero attached hydrogens (tertiary/aromatic N) is 1. The third-order valence-electron chi connectivity index (χ3n) is 2.54. The van der Waals surface area contributed by atoms with E-state index in [4.69, 9.17) is 9.84 Å². The fraction of sp³-hybridized carbons (Fsp3) is 0.909. The Kier molecular flexibility index (Phi) is 5.05. The first-order valence-corrected chi connectivity index (χ1v) is 5.63. The van der Waals surface area contributed by atoms with E-state index in [1.165, 1.54) is 0 Å². The number of likely N-dealkylation sites (tertiary alicyclic amines) is 1. The summed E-state index contributed by atoms with van der Waals surface area (Å²) in [5, 5.41) is 8.56. The van der Waals surface area contributed by atoms with Crippen LogP contribution in [0, 0.1) is 5.92 Å². The SMILES string of the molecule is CC(C)COC1CCN(CCC(=O)O)C1. The number of ether oxygens (including phenoxy) is 1. The van der Waals surface area contributed by atoms with Crippen molar-refractivity contribution < 1.29 is 14.6 Å². The van der Waals surface area contributed by atoms with Crippen LogP contribution in [-0.4, -0.2) is 48.3 Å². The highest BCUT2D eigenvalue weighted by Crippen LogP contribution is 2.13. The molecule has 0 saturated carbocycles. The standard InChI is InChI=1S/C11H21NO3/c1-9(2)8-15-10-3-5-12(7-10)6-4-11(13)14/h9-10H,3-8H2,1-2H3,(H,13,14). The molecule has 1 atom stereocenters. The quantitative estimate of drug-likeness (QED) is 0.723. The van der Waals surface area contributed by atoms with Gasteiger partial charge in [-0.15, -0.1) is 0 Å². The van der Waals surface area contributed by atoms with E-state index in [-0.39, 0.29) is 6.42 Å². The molecule has 0 amide bonds. The Bertz CT molecular complexity index is 206. The van der Waals surface area contributed by atoms with Crippen LogP contribution in [0.3, 0.4) is 0 Å². The molecule has 0 spiro atoms. The average molecular weight is 215 g/mol. The molecule has 0 aromatic heterocycles. The van der Waals surface area contributed by atoms with Crippen molar-refractivity contribution in [3.05, 3.63) is 0 Å². The molecule has 0 radical (unpaired) electrons. The second-order valence-corrected chi connectivity index (χ2v) is 4.58. The van der Waals surface area contributed by atoms with Gasteiger partial charge in [-0.05, 0) is 12.3 Å². The lowest BCUT2D eigenvalue weighted by atomic mass is 10.2. The molecule has 0 aliphatic carbocycles. The molecule has 0 bridgehead atoms. The number of hydrogen-bond acceptors (Lipinski definition) is 3. The van der Waals surface area contributed by atoms with Crippen molar-refractivity contribution in [1.82, 2.24) is 4.90 Å². The summed E-state index contributed by atoms with van der Waals surface area (Å²) in [5.41, 5.74) is 0. The van der Waals surface area contributed by atoms with E-state index in [1.54, 1.807) is 0 Å². The molecule has 1 aliphatic heterocycles. The summed E-state index contributed by atoms with van der Waals surface area (Å²) in [4.78, 5) is 12.6.